The van der Waals surface area contributed by atoms with Crippen LogP contribution in [0.15, 0.2) is 34.6 Å². The normalized spacial score (nSPS) is 12.8. The number of aliphatic imine (C=N–C) groups is 1. The second-order valence-electron chi connectivity index (χ2n) is 5.33. The van der Waals surface area contributed by atoms with Gasteiger partial charge in [-0.1, -0.05) is 18.2 Å². The summed E-state index contributed by atoms with van der Waals surface area (Å²) in [5.41, 5.74) is -0.778. The number of alkyl halides is 6. The van der Waals surface area contributed by atoms with E-state index >= 15 is 0 Å². The third-order valence-electron chi connectivity index (χ3n) is 3.20. The standard InChI is InChI=1S/C16H16F6N4OS/c1-2-23-14(25-8-13-26-12(9-28-13)15(17,18)19)24-7-10-5-3-4-6-11(10)27-16(20,21)22/h3-6,9H,2,7-8H2,1H3,(H2,23,24,25). The highest BCUT2D eigenvalue weighted by atomic mass is 32.1. The van der Waals surface area contributed by atoms with Crippen LogP contribution in [-0.4, -0.2) is 23.9 Å². The first-order chi connectivity index (χ1) is 13.1. The number of rotatable bonds is 6. The highest BCUT2D eigenvalue weighted by Crippen LogP contribution is 2.30. The van der Waals surface area contributed by atoms with Crippen LogP contribution in [0.3, 0.4) is 0 Å². The number of nitrogens with zero attached hydrogens (tertiary/aromatic N) is 2. The summed E-state index contributed by atoms with van der Waals surface area (Å²) in [5, 5.41) is 6.76. The Hall–Kier alpha value is -2.50. The fourth-order valence-corrected chi connectivity index (χ4v) is 2.79. The van der Waals surface area contributed by atoms with Crippen molar-refractivity contribution in [3.8, 4) is 5.75 Å². The summed E-state index contributed by atoms with van der Waals surface area (Å²) < 4.78 is 79.1. The van der Waals surface area contributed by atoms with Crippen LogP contribution in [0.1, 0.15) is 23.2 Å². The van der Waals surface area contributed by atoms with Gasteiger partial charge in [0, 0.05) is 17.5 Å². The average molecular weight is 426 g/mol. The van der Waals surface area contributed by atoms with Crippen molar-refractivity contribution in [2.45, 2.75) is 32.6 Å². The summed E-state index contributed by atoms with van der Waals surface area (Å²) in [6.45, 7) is 2.06. The lowest BCUT2D eigenvalue weighted by Gasteiger charge is -2.13. The SMILES string of the molecule is CCNC(=NCc1ccccc1OC(F)(F)F)NCc1nc(C(F)(F)F)cs1. The molecule has 12 heteroatoms. The molecular formula is C16H16F6N4OS. The zero-order valence-corrected chi connectivity index (χ0v) is 15.3. The monoisotopic (exact) mass is 426 g/mol. The molecule has 5 nitrogen and oxygen atoms in total. The summed E-state index contributed by atoms with van der Waals surface area (Å²) >= 11 is 0.838. The van der Waals surface area contributed by atoms with Crippen LogP contribution >= 0.6 is 11.3 Å². The van der Waals surface area contributed by atoms with Gasteiger partial charge in [0.25, 0.3) is 0 Å². The van der Waals surface area contributed by atoms with E-state index in [2.05, 4.69) is 25.3 Å². The fourth-order valence-electron chi connectivity index (χ4n) is 2.05. The number of guanidine groups is 1. The van der Waals surface area contributed by atoms with Gasteiger partial charge in [0.05, 0.1) is 13.1 Å². The summed E-state index contributed by atoms with van der Waals surface area (Å²) in [6.07, 6.45) is -9.35. The molecule has 1 heterocycles. The molecule has 1 aromatic heterocycles. The fraction of sp³-hybridized carbons (Fsp3) is 0.375. The van der Waals surface area contributed by atoms with E-state index in [-0.39, 0.29) is 35.4 Å². The number of aromatic nitrogens is 1. The van der Waals surface area contributed by atoms with Crippen molar-refractivity contribution in [1.82, 2.24) is 15.6 Å². The van der Waals surface area contributed by atoms with Gasteiger partial charge in [0.1, 0.15) is 10.8 Å². The van der Waals surface area contributed by atoms with Gasteiger partial charge in [-0.2, -0.15) is 13.2 Å². The van der Waals surface area contributed by atoms with E-state index in [1.54, 1.807) is 13.0 Å². The Morgan fingerprint density at radius 3 is 2.46 bits per heavy atom. The average Bonchev–Trinajstić information content (AvgIpc) is 3.06. The highest BCUT2D eigenvalue weighted by Gasteiger charge is 2.33. The van der Waals surface area contributed by atoms with Crippen molar-refractivity contribution >= 4 is 17.3 Å². The molecule has 0 fully saturated rings. The maximum Gasteiger partial charge on any atom is 0.573 e. The van der Waals surface area contributed by atoms with E-state index in [4.69, 9.17) is 0 Å². The topological polar surface area (TPSA) is 58.5 Å². The van der Waals surface area contributed by atoms with E-state index < -0.39 is 18.2 Å². The van der Waals surface area contributed by atoms with Crippen LogP contribution in [0, 0.1) is 0 Å². The first-order valence-electron chi connectivity index (χ1n) is 7.96. The Labute approximate surface area is 160 Å². The van der Waals surface area contributed by atoms with Gasteiger partial charge >= 0.3 is 12.5 Å². The minimum Gasteiger partial charge on any atom is -0.405 e. The van der Waals surface area contributed by atoms with Gasteiger partial charge in [-0.25, -0.2) is 9.98 Å². The van der Waals surface area contributed by atoms with Crippen molar-refractivity contribution in [3.05, 3.63) is 45.9 Å². The largest absolute Gasteiger partial charge is 0.573 e. The van der Waals surface area contributed by atoms with Gasteiger partial charge in [0.15, 0.2) is 11.7 Å². The van der Waals surface area contributed by atoms with Crippen LogP contribution in [0.4, 0.5) is 26.3 Å². The summed E-state index contributed by atoms with van der Waals surface area (Å²) in [6, 6.07) is 5.55. The molecule has 154 valence electrons. The lowest BCUT2D eigenvalue weighted by Crippen LogP contribution is -2.36. The Bertz CT molecular complexity index is 803. The quantitative estimate of drug-likeness (QED) is 0.411. The molecule has 0 radical (unpaired) electrons. The molecule has 28 heavy (non-hydrogen) atoms. The number of ether oxygens (including phenoxy) is 1. The second kappa shape index (κ2) is 9.13. The minimum absolute atomic E-state index is 0.0206. The Morgan fingerprint density at radius 2 is 1.86 bits per heavy atom. The summed E-state index contributed by atoms with van der Waals surface area (Å²) in [4.78, 5) is 7.64. The van der Waals surface area contributed by atoms with E-state index in [0.29, 0.717) is 6.54 Å². The number of halogens is 6. The van der Waals surface area contributed by atoms with Gasteiger partial charge in [-0.3, -0.25) is 0 Å². The number of nitrogens with one attached hydrogen (secondary N) is 2. The lowest BCUT2D eigenvalue weighted by molar-refractivity contribution is -0.274. The molecule has 0 aliphatic rings. The number of hydrogen-bond donors (Lipinski definition) is 2. The molecule has 1 aromatic carbocycles. The van der Waals surface area contributed by atoms with Crippen molar-refractivity contribution < 1.29 is 31.1 Å². The molecule has 2 rings (SSSR count). The Balaban J connectivity index is 2.06. The maximum atomic E-state index is 12.6. The Kier molecular flexibility index (Phi) is 7.11. The number of thiazole rings is 1. The van der Waals surface area contributed by atoms with E-state index in [9.17, 15) is 26.3 Å². The third kappa shape index (κ3) is 6.91. The van der Waals surface area contributed by atoms with Crippen molar-refractivity contribution in [2.24, 2.45) is 4.99 Å². The van der Waals surface area contributed by atoms with Gasteiger partial charge in [-0.05, 0) is 13.0 Å². The number of benzene rings is 1. The first kappa shape index (κ1) is 21.8. The van der Waals surface area contributed by atoms with E-state index in [1.807, 2.05) is 0 Å². The van der Waals surface area contributed by atoms with Crippen molar-refractivity contribution in [1.29, 1.82) is 0 Å². The zero-order valence-electron chi connectivity index (χ0n) is 14.5. The molecular weight excluding hydrogens is 410 g/mol. The van der Waals surface area contributed by atoms with Crippen LogP contribution in [0.25, 0.3) is 0 Å². The van der Waals surface area contributed by atoms with Crippen LogP contribution in [0.2, 0.25) is 0 Å². The van der Waals surface area contributed by atoms with Gasteiger partial charge in [-0.15, -0.1) is 24.5 Å². The molecule has 2 N–H and O–H groups in total. The van der Waals surface area contributed by atoms with Crippen LogP contribution in [-0.2, 0) is 19.3 Å². The van der Waals surface area contributed by atoms with Crippen molar-refractivity contribution in [3.63, 3.8) is 0 Å². The third-order valence-corrected chi connectivity index (χ3v) is 4.05. The molecule has 2 aromatic rings. The molecule has 0 saturated carbocycles. The molecule has 0 spiro atoms. The highest BCUT2D eigenvalue weighted by molar-refractivity contribution is 7.09. The molecule has 0 bridgehead atoms. The van der Waals surface area contributed by atoms with E-state index in [1.165, 1.54) is 18.2 Å². The second-order valence-corrected chi connectivity index (χ2v) is 6.27. The smallest absolute Gasteiger partial charge is 0.405 e. The number of hydrogen-bond acceptors (Lipinski definition) is 4. The summed E-state index contributed by atoms with van der Waals surface area (Å²) in [5.74, 6) is -0.155. The maximum absolute atomic E-state index is 12.6. The van der Waals surface area contributed by atoms with Crippen LogP contribution < -0.4 is 15.4 Å². The molecule has 0 unspecified atom stereocenters. The van der Waals surface area contributed by atoms with E-state index in [0.717, 1.165) is 16.7 Å². The van der Waals surface area contributed by atoms with Gasteiger partial charge < -0.3 is 15.4 Å². The van der Waals surface area contributed by atoms with Crippen molar-refractivity contribution in [2.75, 3.05) is 6.54 Å². The first-order valence-corrected chi connectivity index (χ1v) is 8.84. The Morgan fingerprint density at radius 1 is 1.14 bits per heavy atom. The summed E-state index contributed by atoms with van der Waals surface area (Å²) in [7, 11) is 0. The minimum atomic E-state index is -4.83. The molecule has 0 saturated heterocycles. The molecule has 0 aliphatic carbocycles. The molecule has 0 atom stereocenters. The molecule has 0 aliphatic heterocycles. The zero-order chi connectivity index (χ0) is 20.8. The number of para-hydroxylation sites is 1. The predicted octanol–water partition coefficient (Wildman–Crippen LogP) is 4.32. The lowest BCUT2D eigenvalue weighted by atomic mass is 10.2. The predicted molar refractivity (Wildman–Crippen MR) is 91.9 cm³/mol. The van der Waals surface area contributed by atoms with Crippen LogP contribution in [0.5, 0.6) is 5.75 Å². The van der Waals surface area contributed by atoms with Gasteiger partial charge in [0.2, 0.25) is 0 Å². The molecule has 0 amide bonds.